The monoisotopic (exact) mass is 266 g/mol. The van der Waals surface area contributed by atoms with Crippen molar-refractivity contribution in [3.63, 3.8) is 0 Å². The first-order chi connectivity index (χ1) is 9.83. The quantitative estimate of drug-likeness (QED) is 0.879. The maximum atomic E-state index is 3.60. The fraction of sp³-hybridized carbons (Fsp3) is 0.333. The third-order valence-corrected chi connectivity index (χ3v) is 4.00. The number of rotatable bonds is 4. The molecule has 1 unspecified atom stereocenters. The normalized spacial score (nSPS) is 16.1. The van der Waals surface area contributed by atoms with Crippen molar-refractivity contribution in [2.75, 3.05) is 23.3 Å². The fourth-order valence-electron chi connectivity index (χ4n) is 2.84. The summed E-state index contributed by atoms with van der Waals surface area (Å²) in [6, 6.07) is 19.7. The van der Waals surface area contributed by atoms with E-state index in [1.165, 1.54) is 42.9 Å². The van der Waals surface area contributed by atoms with Crippen LogP contribution in [0, 0.1) is 0 Å². The van der Waals surface area contributed by atoms with Crippen molar-refractivity contribution < 1.29 is 0 Å². The van der Waals surface area contributed by atoms with E-state index in [0.29, 0.717) is 6.04 Å². The standard InChI is InChI=1S/C18H22N2/c1-15(16-8-3-2-4-9-16)19-17-10-7-11-18(14-17)20-12-5-6-13-20/h2-4,7-11,14-15,19H,5-6,12-13H2,1H3. The number of nitrogens with zero attached hydrogens (tertiary/aromatic N) is 1. The van der Waals surface area contributed by atoms with Gasteiger partial charge in [-0.2, -0.15) is 0 Å². The van der Waals surface area contributed by atoms with Crippen LogP contribution >= 0.6 is 0 Å². The Labute approximate surface area is 121 Å². The molecular formula is C18H22N2. The summed E-state index contributed by atoms with van der Waals surface area (Å²) in [6.07, 6.45) is 2.64. The molecule has 1 fully saturated rings. The van der Waals surface area contributed by atoms with Gasteiger partial charge in [0.1, 0.15) is 0 Å². The van der Waals surface area contributed by atoms with Crippen molar-refractivity contribution >= 4 is 11.4 Å². The van der Waals surface area contributed by atoms with Crippen LogP contribution in [0.3, 0.4) is 0 Å². The Morgan fingerprint density at radius 3 is 2.45 bits per heavy atom. The van der Waals surface area contributed by atoms with E-state index in [4.69, 9.17) is 0 Å². The van der Waals surface area contributed by atoms with Crippen molar-refractivity contribution in [2.24, 2.45) is 0 Å². The second-order valence-electron chi connectivity index (χ2n) is 5.52. The zero-order valence-corrected chi connectivity index (χ0v) is 12.0. The molecule has 1 heterocycles. The maximum absolute atomic E-state index is 3.60. The highest BCUT2D eigenvalue weighted by atomic mass is 15.1. The molecule has 1 aliphatic heterocycles. The van der Waals surface area contributed by atoms with Gasteiger partial charge in [-0.3, -0.25) is 0 Å². The first kappa shape index (κ1) is 13.0. The Morgan fingerprint density at radius 1 is 0.950 bits per heavy atom. The lowest BCUT2D eigenvalue weighted by Gasteiger charge is -2.20. The average molecular weight is 266 g/mol. The SMILES string of the molecule is CC(Nc1cccc(N2CCCC2)c1)c1ccccc1. The van der Waals surface area contributed by atoms with E-state index >= 15 is 0 Å². The first-order valence-corrected chi connectivity index (χ1v) is 7.49. The van der Waals surface area contributed by atoms with Gasteiger partial charge in [0.2, 0.25) is 0 Å². The molecule has 0 amide bonds. The summed E-state index contributed by atoms with van der Waals surface area (Å²) in [7, 11) is 0. The van der Waals surface area contributed by atoms with Crippen molar-refractivity contribution in [1.82, 2.24) is 0 Å². The Balaban J connectivity index is 1.72. The summed E-state index contributed by atoms with van der Waals surface area (Å²) < 4.78 is 0. The van der Waals surface area contributed by atoms with Crippen molar-refractivity contribution in [2.45, 2.75) is 25.8 Å². The predicted octanol–water partition coefficient (Wildman–Crippen LogP) is 4.46. The highest BCUT2D eigenvalue weighted by molar-refractivity contribution is 5.59. The van der Waals surface area contributed by atoms with Crippen LogP contribution in [0.1, 0.15) is 31.4 Å². The zero-order chi connectivity index (χ0) is 13.8. The molecule has 0 spiro atoms. The van der Waals surface area contributed by atoms with E-state index in [1.807, 2.05) is 0 Å². The Hall–Kier alpha value is -1.96. The minimum atomic E-state index is 0.324. The summed E-state index contributed by atoms with van der Waals surface area (Å²) in [5.74, 6) is 0. The molecule has 1 saturated heterocycles. The minimum Gasteiger partial charge on any atom is -0.378 e. The molecule has 0 aliphatic carbocycles. The van der Waals surface area contributed by atoms with Gasteiger partial charge in [-0.15, -0.1) is 0 Å². The molecule has 2 nitrogen and oxygen atoms in total. The maximum Gasteiger partial charge on any atom is 0.0485 e. The lowest BCUT2D eigenvalue weighted by molar-refractivity contribution is 0.883. The van der Waals surface area contributed by atoms with Gasteiger partial charge in [0.15, 0.2) is 0 Å². The molecule has 3 rings (SSSR count). The van der Waals surface area contributed by atoms with Gasteiger partial charge in [0.25, 0.3) is 0 Å². The summed E-state index contributed by atoms with van der Waals surface area (Å²) in [6.45, 7) is 4.59. The lowest BCUT2D eigenvalue weighted by Crippen LogP contribution is -2.17. The van der Waals surface area contributed by atoms with Crippen molar-refractivity contribution in [3.8, 4) is 0 Å². The van der Waals surface area contributed by atoms with Crippen LogP contribution < -0.4 is 10.2 Å². The van der Waals surface area contributed by atoms with E-state index in [0.717, 1.165) is 0 Å². The van der Waals surface area contributed by atoms with Crippen molar-refractivity contribution in [3.05, 3.63) is 60.2 Å². The summed E-state index contributed by atoms with van der Waals surface area (Å²) >= 11 is 0. The minimum absolute atomic E-state index is 0.324. The summed E-state index contributed by atoms with van der Waals surface area (Å²) in [5, 5.41) is 3.60. The molecular weight excluding hydrogens is 244 g/mol. The van der Waals surface area contributed by atoms with Gasteiger partial charge in [0.05, 0.1) is 0 Å². The molecule has 1 aliphatic rings. The van der Waals surface area contributed by atoms with Crippen molar-refractivity contribution in [1.29, 1.82) is 0 Å². The third kappa shape index (κ3) is 2.96. The molecule has 104 valence electrons. The fourth-order valence-corrected chi connectivity index (χ4v) is 2.84. The van der Waals surface area contributed by atoms with Crippen LogP contribution in [-0.4, -0.2) is 13.1 Å². The number of hydrogen-bond donors (Lipinski definition) is 1. The second-order valence-corrected chi connectivity index (χ2v) is 5.52. The van der Waals surface area contributed by atoms with Crippen LogP contribution in [0.5, 0.6) is 0 Å². The highest BCUT2D eigenvalue weighted by Gasteiger charge is 2.12. The van der Waals surface area contributed by atoms with Crippen LogP contribution in [0.2, 0.25) is 0 Å². The van der Waals surface area contributed by atoms with E-state index in [9.17, 15) is 0 Å². The average Bonchev–Trinajstić information content (AvgIpc) is 3.03. The summed E-state index contributed by atoms with van der Waals surface area (Å²) in [5.41, 5.74) is 3.86. The smallest absolute Gasteiger partial charge is 0.0485 e. The van der Waals surface area contributed by atoms with Gasteiger partial charge in [-0.05, 0) is 43.5 Å². The van der Waals surface area contributed by atoms with Gasteiger partial charge < -0.3 is 10.2 Å². The number of hydrogen-bond acceptors (Lipinski definition) is 2. The van der Waals surface area contributed by atoms with Gasteiger partial charge in [-0.1, -0.05) is 36.4 Å². The molecule has 1 atom stereocenters. The molecule has 0 radical (unpaired) electrons. The van der Waals surface area contributed by atoms with E-state index in [-0.39, 0.29) is 0 Å². The molecule has 20 heavy (non-hydrogen) atoms. The van der Waals surface area contributed by atoms with Gasteiger partial charge >= 0.3 is 0 Å². The molecule has 0 saturated carbocycles. The topological polar surface area (TPSA) is 15.3 Å². The van der Waals surface area contributed by atoms with Crippen LogP contribution in [0.25, 0.3) is 0 Å². The lowest BCUT2D eigenvalue weighted by atomic mass is 10.1. The van der Waals surface area contributed by atoms with Crippen LogP contribution in [-0.2, 0) is 0 Å². The Morgan fingerprint density at radius 2 is 1.70 bits per heavy atom. The third-order valence-electron chi connectivity index (χ3n) is 4.00. The molecule has 0 bridgehead atoms. The number of anilines is 2. The van der Waals surface area contributed by atoms with Crippen LogP contribution in [0.15, 0.2) is 54.6 Å². The largest absolute Gasteiger partial charge is 0.378 e. The summed E-state index contributed by atoms with van der Waals surface area (Å²) in [4.78, 5) is 2.47. The number of benzene rings is 2. The van der Waals surface area contributed by atoms with E-state index in [2.05, 4.69) is 71.7 Å². The predicted molar refractivity (Wildman–Crippen MR) is 86.4 cm³/mol. The molecule has 1 N–H and O–H groups in total. The Kier molecular flexibility index (Phi) is 3.91. The first-order valence-electron chi connectivity index (χ1n) is 7.49. The van der Waals surface area contributed by atoms with E-state index < -0.39 is 0 Å². The van der Waals surface area contributed by atoms with Gasteiger partial charge in [0, 0.05) is 30.5 Å². The number of nitrogens with one attached hydrogen (secondary N) is 1. The molecule has 2 aromatic rings. The molecule has 0 aromatic heterocycles. The molecule has 2 aromatic carbocycles. The Bertz CT molecular complexity index is 544. The second kappa shape index (κ2) is 6.00. The highest BCUT2D eigenvalue weighted by Crippen LogP contribution is 2.25. The van der Waals surface area contributed by atoms with E-state index in [1.54, 1.807) is 0 Å². The zero-order valence-electron chi connectivity index (χ0n) is 12.0. The van der Waals surface area contributed by atoms with Crippen LogP contribution in [0.4, 0.5) is 11.4 Å². The van der Waals surface area contributed by atoms with Gasteiger partial charge in [-0.25, -0.2) is 0 Å². The molecule has 2 heteroatoms.